The van der Waals surface area contributed by atoms with Crippen LogP contribution in [0.25, 0.3) is 0 Å². The van der Waals surface area contributed by atoms with E-state index < -0.39 is 23.5 Å². The topological polar surface area (TPSA) is 236 Å². The number of nitrogens with zero attached hydrogens (tertiary/aromatic N) is 3. The van der Waals surface area contributed by atoms with Gasteiger partial charge in [0.15, 0.2) is 5.78 Å². The van der Waals surface area contributed by atoms with Gasteiger partial charge in [-0.05, 0) is 23.6 Å². The smallest absolute Gasteiger partial charge is 0.410 e. The first-order valence-electron chi connectivity index (χ1n) is 23.9. The highest BCUT2D eigenvalue weighted by Crippen LogP contribution is 2.19. The third-order valence-corrected chi connectivity index (χ3v) is 10.5. The van der Waals surface area contributed by atoms with Crippen LogP contribution in [0.5, 0.6) is 0 Å². The van der Waals surface area contributed by atoms with Gasteiger partial charge in [-0.2, -0.15) is 0 Å². The van der Waals surface area contributed by atoms with E-state index >= 15 is 0 Å². The molecule has 396 valence electrons. The number of imide groups is 1. The van der Waals surface area contributed by atoms with Crippen LogP contribution in [0.15, 0.2) is 36.4 Å². The van der Waals surface area contributed by atoms with E-state index in [1.165, 1.54) is 24.2 Å². The first-order chi connectivity index (χ1) is 33.5. The molecule has 0 bridgehead atoms. The molecule has 1 aliphatic heterocycles. The minimum Gasteiger partial charge on any atom is -0.445 e. The highest BCUT2D eigenvalue weighted by atomic mass is 16.6. The Morgan fingerprint density at radius 2 is 1.10 bits per heavy atom. The molecule has 0 spiro atoms. The number of hydrogen-bond acceptors (Lipinski definition) is 16. The number of benzene rings is 1. The molecule has 0 aliphatic carbocycles. The van der Waals surface area contributed by atoms with Crippen molar-refractivity contribution in [1.82, 2.24) is 20.0 Å². The summed E-state index contributed by atoms with van der Waals surface area (Å²) >= 11 is 0. The van der Waals surface area contributed by atoms with Gasteiger partial charge >= 0.3 is 6.09 Å². The average molecular weight is 994 g/mol. The van der Waals surface area contributed by atoms with Crippen molar-refractivity contribution in [2.45, 2.75) is 67.0 Å². The molecular formula is C49H79N5O16. The molecule has 2 atom stereocenters. The number of hydrogen-bond donors (Lipinski definition) is 2. The summed E-state index contributed by atoms with van der Waals surface area (Å²) in [5.41, 5.74) is 0.589. The maximum absolute atomic E-state index is 13.3. The molecule has 2 rings (SSSR count). The minimum absolute atomic E-state index is 0.0233. The molecular weight excluding hydrogens is 915 g/mol. The molecule has 0 saturated heterocycles. The van der Waals surface area contributed by atoms with Gasteiger partial charge in [-0.3, -0.25) is 33.7 Å². The van der Waals surface area contributed by atoms with Crippen LogP contribution in [0.2, 0.25) is 0 Å². The number of carbonyl (C=O) groups excluding carboxylic acids is 7. The number of ketones is 1. The Morgan fingerprint density at radius 3 is 1.59 bits per heavy atom. The Morgan fingerprint density at radius 1 is 0.629 bits per heavy atom. The molecule has 21 nitrogen and oxygen atoms in total. The maximum atomic E-state index is 13.3. The summed E-state index contributed by atoms with van der Waals surface area (Å²) in [6.07, 6.45) is 1.89. The van der Waals surface area contributed by atoms with Crippen LogP contribution in [0, 0.1) is 17.3 Å². The molecule has 0 saturated carbocycles. The van der Waals surface area contributed by atoms with Crippen LogP contribution in [-0.4, -0.2) is 202 Å². The molecule has 1 aliphatic rings. The summed E-state index contributed by atoms with van der Waals surface area (Å²) in [5.74, 6) is -2.56. The van der Waals surface area contributed by atoms with E-state index in [1.807, 2.05) is 34.6 Å². The van der Waals surface area contributed by atoms with Crippen LogP contribution in [0.4, 0.5) is 10.5 Å². The van der Waals surface area contributed by atoms with Crippen molar-refractivity contribution in [2.75, 3.05) is 145 Å². The van der Waals surface area contributed by atoms with Crippen molar-refractivity contribution in [3.63, 3.8) is 0 Å². The third kappa shape index (κ3) is 25.8. The predicted octanol–water partition coefficient (Wildman–Crippen LogP) is 2.88. The molecule has 0 unspecified atom stereocenters. The summed E-state index contributed by atoms with van der Waals surface area (Å²) in [5, 5.41) is 5.62. The van der Waals surface area contributed by atoms with E-state index in [-0.39, 0.29) is 107 Å². The second-order valence-electron chi connectivity index (χ2n) is 17.7. The second kappa shape index (κ2) is 35.3. The zero-order valence-electron chi connectivity index (χ0n) is 42.6. The average Bonchev–Trinajstić information content (AvgIpc) is 3.64. The fraction of sp³-hybridized carbons (Fsp3) is 0.694. The van der Waals surface area contributed by atoms with Gasteiger partial charge in [0.05, 0.1) is 105 Å². The number of amides is 6. The van der Waals surface area contributed by atoms with Gasteiger partial charge in [0.1, 0.15) is 6.61 Å². The minimum atomic E-state index is -0.776. The van der Waals surface area contributed by atoms with Crippen molar-refractivity contribution in [3.8, 4) is 0 Å². The van der Waals surface area contributed by atoms with Crippen molar-refractivity contribution >= 4 is 47.1 Å². The highest BCUT2D eigenvalue weighted by molar-refractivity contribution is 6.12. The van der Waals surface area contributed by atoms with Crippen molar-refractivity contribution < 1.29 is 76.2 Å². The van der Waals surface area contributed by atoms with Crippen LogP contribution in [0.1, 0.15) is 59.9 Å². The maximum Gasteiger partial charge on any atom is 0.410 e. The molecule has 0 aromatic heterocycles. The molecule has 70 heavy (non-hydrogen) atoms. The van der Waals surface area contributed by atoms with Crippen LogP contribution in [0.3, 0.4) is 0 Å². The number of methoxy groups -OCH3 is 2. The quantitative estimate of drug-likeness (QED) is 0.0713. The molecule has 0 fully saturated rings. The van der Waals surface area contributed by atoms with Gasteiger partial charge in [0, 0.05) is 82.4 Å². The van der Waals surface area contributed by atoms with Crippen molar-refractivity contribution in [1.29, 1.82) is 0 Å². The molecule has 1 aromatic rings. The standard InChI is InChI=1S/C49H79N5O16/c1-37(2)45(51-42(56)15-21-64-25-27-66-29-31-68-33-34-69-32-30-67-28-26-65-24-20-54-43(57)13-14-44(54)58)41(55)35-38(3)46(59)50-40-11-9-39(10-12-40)36-70-48(61)53(19-23-63-8)17-16-52(18-22-62-7)47(60)49(4,5)6/h9-14,37-38,45H,15-36H2,1-8H3,(H,50,59)(H,51,56)/t38-,45+/m1/s1. The fourth-order valence-corrected chi connectivity index (χ4v) is 6.47. The number of carbonyl (C=O) groups is 7. The van der Waals surface area contributed by atoms with Crippen LogP contribution in [-0.2, 0) is 78.0 Å². The van der Waals surface area contributed by atoms with E-state index in [2.05, 4.69) is 10.6 Å². The van der Waals surface area contributed by atoms with Crippen LogP contribution < -0.4 is 10.6 Å². The van der Waals surface area contributed by atoms with E-state index in [1.54, 1.807) is 43.2 Å². The SMILES string of the molecule is COCCN(CCN(CCOC)C(=O)C(C)(C)C)C(=O)OCc1ccc(NC(=O)[C@H](C)CC(=O)[C@@H](NC(=O)CCOCCOCCOCCOCCOCCOCCN2C(=O)C=CC2=O)C(C)C)cc1. The summed E-state index contributed by atoms with van der Waals surface area (Å²) in [7, 11) is 3.11. The zero-order valence-corrected chi connectivity index (χ0v) is 42.6. The van der Waals surface area contributed by atoms with Gasteiger partial charge in [0.2, 0.25) is 17.7 Å². The Labute approximate surface area is 413 Å². The lowest BCUT2D eigenvalue weighted by atomic mass is 9.92. The zero-order chi connectivity index (χ0) is 51.7. The van der Waals surface area contributed by atoms with Gasteiger partial charge in [0.25, 0.3) is 11.8 Å². The second-order valence-corrected chi connectivity index (χ2v) is 17.7. The molecule has 1 aromatic carbocycles. The van der Waals surface area contributed by atoms with Gasteiger partial charge in [-0.25, -0.2) is 4.79 Å². The van der Waals surface area contributed by atoms with Crippen molar-refractivity contribution in [2.24, 2.45) is 17.3 Å². The summed E-state index contributed by atoms with van der Waals surface area (Å²) in [4.78, 5) is 92.5. The van der Waals surface area contributed by atoms with Gasteiger partial charge in [-0.15, -0.1) is 0 Å². The fourth-order valence-electron chi connectivity index (χ4n) is 6.47. The first-order valence-corrected chi connectivity index (χ1v) is 23.9. The lowest BCUT2D eigenvalue weighted by molar-refractivity contribution is -0.140. The van der Waals surface area contributed by atoms with Gasteiger partial charge in [-0.1, -0.05) is 53.7 Å². The van der Waals surface area contributed by atoms with Gasteiger partial charge < -0.3 is 63.1 Å². The molecule has 2 N–H and O–H groups in total. The third-order valence-electron chi connectivity index (χ3n) is 10.5. The summed E-state index contributed by atoms with van der Waals surface area (Å²) in [6.45, 7) is 16.9. The number of ether oxygens (including phenoxy) is 9. The van der Waals surface area contributed by atoms with E-state index in [0.717, 1.165) is 4.90 Å². The Bertz CT molecular complexity index is 1740. The van der Waals surface area contributed by atoms with Crippen LogP contribution >= 0.6 is 0 Å². The summed E-state index contributed by atoms with van der Waals surface area (Å²) < 4.78 is 48.7. The number of nitrogens with one attached hydrogen (secondary N) is 2. The molecule has 6 amide bonds. The van der Waals surface area contributed by atoms with E-state index in [9.17, 15) is 33.6 Å². The number of anilines is 1. The molecule has 0 radical (unpaired) electrons. The Hall–Kier alpha value is -4.87. The normalized spacial score (nSPS) is 13.4. The lowest BCUT2D eigenvalue weighted by Gasteiger charge is -2.31. The van der Waals surface area contributed by atoms with E-state index in [4.69, 9.17) is 42.6 Å². The Kier molecular flexibility index (Phi) is 30.9. The number of Topliss-reactive ketones (excluding diaryl/α,β-unsaturated/α-hetero) is 1. The monoisotopic (exact) mass is 994 g/mol. The van der Waals surface area contributed by atoms with E-state index in [0.29, 0.717) is 90.4 Å². The first kappa shape index (κ1) is 61.3. The number of rotatable bonds is 39. The van der Waals surface area contributed by atoms with Crippen molar-refractivity contribution in [3.05, 3.63) is 42.0 Å². The highest BCUT2D eigenvalue weighted by Gasteiger charge is 2.29. The summed E-state index contributed by atoms with van der Waals surface area (Å²) in [6, 6.07) is 6.03. The molecule has 1 heterocycles. The predicted molar refractivity (Wildman–Crippen MR) is 258 cm³/mol. The Balaban J connectivity index is 1.58. The lowest BCUT2D eigenvalue weighted by Crippen LogP contribution is -2.46. The largest absolute Gasteiger partial charge is 0.445 e. The molecule has 21 heteroatoms.